The molecule has 0 aromatic carbocycles. The summed E-state index contributed by atoms with van der Waals surface area (Å²) in [6.07, 6.45) is -1.03. The van der Waals surface area contributed by atoms with Gasteiger partial charge < -0.3 is 25.2 Å². The highest BCUT2D eigenvalue weighted by Gasteiger charge is 2.26. The Morgan fingerprint density at radius 1 is 1.35 bits per heavy atom. The Kier molecular flexibility index (Phi) is 6.08. The van der Waals surface area contributed by atoms with Crippen LogP contribution in [0.4, 0.5) is 0 Å². The molecule has 7 heteroatoms. The Hall–Kier alpha value is -1.18. The highest BCUT2D eigenvalue weighted by molar-refractivity contribution is 5.76. The minimum Gasteiger partial charge on any atom is -0.481 e. The predicted octanol–water partition coefficient (Wildman–Crippen LogP) is -1.60. The number of ether oxygens (including phenoxy) is 1. The summed E-state index contributed by atoms with van der Waals surface area (Å²) >= 11 is 0. The molecule has 0 aliphatic carbocycles. The van der Waals surface area contributed by atoms with Crippen LogP contribution in [-0.4, -0.2) is 73.1 Å². The van der Waals surface area contributed by atoms with Crippen LogP contribution >= 0.6 is 0 Å². The highest BCUT2D eigenvalue weighted by Crippen LogP contribution is 2.06. The molecular formula is C10H21N2O5+. The molecule has 0 bridgehead atoms. The largest absolute Gasteiger partial charge is 0.481 e. The number of carbonyl (C=O) groups excluding carboxylic acids is 1. The molecule has 100 valence electrons. The summed E-state index contributed by atoms with van der Waals surface area (Å²) in [6, 6.07) is -1.13. The molecule has 2 atom stereocenters. The zero-order chi connectivity index (χ0) is 13.6. The average Bonchev–Trinajstić information content (AvgIpc) is 2.12. The third kappa shape index (κ3) is 7.67. The number of quaternary nitrogens is 1. The van der Waals surface area contributed by atoms with Gasteiger partial charge in [-0.25, -0.2) is 0 Å². The van der Waals surface area contributed by atoms with Crippen molar-refractivity contribution in [3.05, 3.63) is 0 Å². The molecule has 0 radical (unpaired) electrons. The summed E-state index contributed by atoms with van der Waals surface area (Å²) in [7, 11) is 5.57. The molecule has 0 saturated carbocycles. The van der Waals surface area contributed by atoms with Crippen LogP contribution in [-0.2, 0) is 14.3 Å². The van der Waals surface area contributed by atoms with Crippen LogP contribution in [0.1, 0.15) is 6.42 Å². The van der Waals surface area contributed by atoms with E-state index in [1.807, 2.05) is 21.1 Å². The van der Waals surface area contributed by atoms with E-state index in [0.29, 0.717) is 11.0 Å². The van der Waals surface area contributed by atoms with Gasteiger partial charge in [-0.05, 0) is 0 Å². The number of aliphatic hydroxyl groups is 1. The molecule has 0 unspecified atom stereocenters. The number of aliphatic hydroxyl groups excluding tert-OH is 1. The maximum absolute atomic E-state index is 11.3. The van der Waals surface area contributed by atoms with E-state index < -0.39 is 30.7 Å². The topological polar surface area (TPSA) is 110 Å². The zero-order valence-electron chi connectivity index (χ0n) is 10.4. The van der Waals surface area contributed by atoms with Gasteiger partial charge in [0.1, 0.15) is 12.6 Å². The molecule has 4 N–H and O–H groups in total. The van der Waals surface area contributed by atoms with E-state index in [1.165, 1.54) is 0 Å². The van der Waals surface area contributed by atoms with Gasteiger partial charge in [0.15, 0.2) is 6.10 Å². The number of nitrogens with two attached hydrogens (primary N) is 1. The molecule has 7 nitrogen and oxygen atoms in total. The van der Waals surface area contributed by atoms with Gasteiger partial charge in [0, 0.05) is 0 Å². The maximum atomic E-state index is 11.3. The average molecular weight is 249 g/mol. The number of nitrogens with zero attached hydrogens (tertiary/aromatic N) is 1. The van der Waals surface area contributed by atoms with Gasteiger partial charge in [-0.15, -0.1) is 0 Å². The van der Waals surface area contributed by atoms with E-state index in [1.54, 1.807) is 0 Å². The van der Waals surface area contributed by atoms with Crippen molar-refractivity contribution >= 4 is 11.9 Å². The number of hydrogen-bond acceptors (Lipinski definition) is 5. The quantitative estimate of drug-likeness (QED) is 0.370. The number of rotatable bonds is 7. The number of aliphatic carboxylic acids is 1. The first-order valence-electron chi connectivity index (χ1n) is 5.25. The van der Waals surface area contributed by atoms with Gasteiger partial charge in [-0.1, -0.05) is 0 Å². The lowest BCUT2D eigenvalue weighted by Gasteiger charge is -2.28. The van der Waals surface area contributed by atoms with E-state index in [-0.39, 0.29) is 6.42 Å². The fraction of sp³-hybridized carbons (Fsp3) is 0.800. The summed E-state index contributed by atoms with van der Waals surface area (Å²) in [5.41, 5.74) is 5.28. The van der Waals surface area contributed by atoms with Crippen LogP contribution in [0.25, 0.3) is 0 Å². The molecule has 0 spiro atoms. The zero-order valence-corrected chi connectivity index (χ0v) is 10.4. The fourth-order valence-corrected chi connectivity index (χ4v) is 1.28. The van der Waals surface area contributed by atoms with Crippen LogP contribution < -0.4 is 5.73 Å². The second kappa shape index (κ2) is 6.53. The Bertz CT molecular complexity index is 274. The maximum Gasteiger partial charge on any atom is 0.325 e. The van der Waals surface area contributed by atoms with Gasteiger partial charge in [0.05, 0.1) is 34.2 Å². The van der Waals surface area contributed by atoms with E-state index in [9.17, 15) is 9.59 Å². The molecule has 0 amide bonds. The predicted molar refractivity (Wildman–Crippen MR) is 60.1 cm³/mol. The van der Waals surface area contributed by atoms with Crippen LogP contribution in [0, 0.1) is 0 Å². The van der Waals surface area contributed by atoms with E-state index >= 15 is 0 Å². The molecule has 0 heterocycles. The molecule has 0 rings (SSSR count). The molecule has 0 aliphatic rings. The Labute approximate surface area is 100 Å². The van der Waals surface area contributed by atoms with Gasteiger partial charge >= 0.3 is 11.9 Å². The van der Waals surface area contributed by atoms with E-state index in [4.69, 9.17) is 20.7 Å². The highest BCUT2D eigenvalue weighted by atomic mass is 16.5. The minimum absolute atomic E-state index is 0.278. The van der Waals surface area contributed by atoms with Crippen molar-refractivity contribution < 1.29 is 29.0 Å². The number of likely N-dealkylation sites (N-methyl/N-ethyl adjacent to an activating group) is 1. The van der Waals surface area contributed by atoms with Crippen molar-refractivity contribution in [2.45, 2.75) is 18.6 Å². The third-order valence-corrected chi connectivity index (χ3v) is 1.94. The first kappa shape index (κ1) is 15.8. The number of esters is 1. The summed E-state index contributed by atoms with van der Waals surface area (Å²) in [5.74, 6) is -1.83. The number of carbonyl (C=O) groups is 2. The normalized spacial score (nSPS) is 15.1. The summed E-state index contributed by atoms with van der Waals surface area (Å²) in [5, 5.41) is 17.4. The second-order valence-corrected chi connectivity index (χ2v) is 4.92. The molecule has 0 fully saturated rings. The summed E-state index contributed by atoms with van der Waals surface area (Å²) < 4.78 is 5.43. The Morgan fingerprint density at radius 2 is 1.88 bits per heavy atom. The SMILES string of the molecule is C[N+](C)(C)C[C@H](CC(=O)O)OC(=O)[C@@H](N)CO. The van der Waals surface area contributed by atoms with Crippen LogP contribution in [0.5, 0.6) is 0 Å². The van der Waals surface area contributed by atoms with Gasteiger partial charge in [0.25, 0.3) is 0 Å². The third-order valence-electron chi connectivity index (χ3n) is 1.94. The van der Waals surface area contributed by atoms with Crippen molar-refractivity contribution in [2.24, 2.45) is 5.73 Å². The lowest BCUT2D eigenvalue weighted by molar-refractivity contribution is -0.873. The number of carboxylic acid groups (broad SMARTS) is 1. The molecule has 0 aromatic rings. The minimum atomic E-state index is -1.13. The van der Waals surface area contributed by atoms with Crippen LogP contribution in [0.15, 0.2) is 0 Å². The first-order valence-corrected chi connectivity index (χ1v) is 5.25. The lowest BCUT2D eigenvalue weighted by atomic mass is 10.2. The standard InChI is InChI=1S/C10H20N2O5/c1-12(2,3)5-7(4-9(14)15)17-10(16)8(11)6-13/h7-8,13H,4-6,11H2,1-3H3/p+1/t7-,8-/m0/s1. The first-order chi connectivity index (χ1) is 7.65. The van der Waals surface area contributed by atoms with Gasteiger partial charge in [-0.2, -0.15) is 0 Å². The van der Waals surface area contributed by atoms with Crippen LogP contribution in [0.2, 0.25) is 0 Å². The fourth-order valence-electron chi connectivity index (χ4n) is 1.28. The lowest BCUT2D eigenvalue weighted by Crippen LogP contribution is -2.46. The Morgan fingerprint density at radius 3 is 2.24 bits per heavy atom. The van der Waals surface area contributed by atoms with Crippen LogP contribution in [0.3, 0.4) is 0 Å². The van der Waals surface area contributed by atoms with Crippen molar-refractivity contribution in [3.63, 3.8) is 0 Å². The summed E-state index contributed by atoms with van der Waals surface area (Å²) in [6.45, 7) is -0.167. The number of carboxylic acids is 1. The van der Waals surface area contributed by atoms with E-state index in [0.717, 1.165) is 0 Å². The van der Waals surface area contributed by atoms with Crippen molar-refractivity contribution in [3.8, 4) is 0 Å². The van der Waals surface area contributed by atoms with Crippen molar-refractivity contribution in [2.75, 3.05) is 34.3 Å². The molecule has 0 saturated heterocycles. The van der Waals surface area contributed by atoms with E-state index in [2.05, 4.69) is 0 Å². The monoisotopic (exact) mass is 249 g/mol. The van der Waals surface area contributed by atoms with Crippen molar-refractivity contribution in [1.29, 1.82) is 0 Å². The second-order valence-electron chi connectivity index (χ2n) is 4.92. The van der Waals surface area contributed by atoms with Crippen molar-refractivity contribution in [1.82, 2.24) is 0 Å². The smallest absolute Gasteiger partial charge is 0.325 e. The molecular weight excluding hydrogens is 228 g/mol. The van der Waals surface area contributed by atoms with Gasteiger partial charge in [-0.3, -0.25) is 9.59 Å². The summed E-state index contributed by atoms with van der Waals surface area (Å²) in [4.78, 5) is 22.0. The number of hydrogen-bond donors (Lipinski definition) is 3. The molecule has 0 aliphatic heterocycles. The Balaban J connectivity index is 4.48. The molecule has 0 aromatic heterocycles. The molecule has 17 heavy (non-hydrogen) atoms. The van der Waals surface area contributed by atoms with Gasteiger partial charge in [0.2, 0.25) is 0 Å².